The molecule has 1 aromatic heterocycles. The van der Waals surface area contributed by atoms with E-state index >= 15 is 0 Å². The fraction of sp³-hybridized carbons (Fsp3) is 0.350. The average Bonchev–Trinajstić information content (AvgIpc) is 3.21. The van der Waals surface area contributed by atoms with E-state index in [9.17, 15) is 9.59 Å². The number of ether oxygens (including phenoxy) is 2. The van der Waals surface area contributed by atoms with Gasteiger partial charge in [-0.05, 0) is 43.0 Å². The van der Waals surface area contributed by atoms with Crippen LogP contribution in [-0.4, -0.2) is 48.2 Å². The molecule has 0 spiro atoms. The van der Waals surface area contributed by atoms with Gasteiger partial charge in [-0.3, -0.25) is 9.78 Å². The van der Waals surface area contributed by atoms with Gasteiger partial charge in [0.15, 0.2) is 11.5 Å². The summed E-state index contributed by atoms with van der Waals surface area (Å²) in [6.07, 6.45) is 4.98. The van der Waals surface area contributed by atoms with Gasteiger partial charge in [-0.25, -0.2) is 4.79 Å². The Morgan fingerprint density at radius 1 is 1.07 bits per heavy atom. The first-order valence-electron chi connectivity index (χ1n) is 9.33. The Kier molecular flexibility index (Phi) is 5.27. The number of carbonyl (C=O) groups is 2. The Bertz CT molecular complexity index is 851. The van der Waals surface area contributed by atoms with Gasteiger partial charge in [0.2, 0.25) is 6.79 Å². The molecule has 28 heavy (non-hydrogen) atoms. The van der Waals surface area contributed by atoms with Gasteiger partial charge in [-0.15, -0.1) is 0 Å². The summed E-state index contributed by atoms with van der Waals surface area (Å²) < 4.78 is 10.6. The van der Waals surface area contributed by atoms with Gasteiger partial charge >= 0.3 is 6.03 Å². The molecule has 2 aliphatic rings. The van der Waals surface area contributed by atoms with Gasteiger partial charge in [-0.1, -0.05) is 0 Å². The fourth-order valence-electron chi connectivity index (χ4n) is 3.40. The molecule has 2 aliphatic heterocycles. The Morgan fingerprint density at radius 3 is 2.61 bits per heavy atom. The molecule has 2 N–H and O–H groups in total. The number of fused-ring (bicyclic) bond motifs is 1. The fourth-order valence-corrected chi connectivity index (χ4v) is 3.40. The monoisotopic (exact) mass is 382 g/mol. The highest BCUT2D eigenvalue weighted by atomic mass is 16.7. The van der Waals surface area contributed by atoms with Gasteiger partial charge < -0.3 is 25.0 Å². The van der Waals surface area contributed by atoms with Crippen molar-refractivity contribution >= 4 is 17.6 Å². The summed E-state index contributed by atoms with van der Waals surface area (Å²) in [6, 6.07) is 8.50. The lowest BCUT2D eigenvalue weighted by atomic mass is 9.96. The van der Waals surface area contributed by atoms with Crippen molar-refractivity contribution in [2.75, 3.05) is 31.7 Å². The Balaban J connectivity index is 1.21. The van der Waals surface area contributed by atoms with Crippen molar-refractivity contribution in [2.24, 2.45) is 5.92 Å². The minimum atomic E-state index is -0.255. The Hall–Kier alpha value is -3.29. The lowest BCUT2D eigenvalue weighted by Crippen LogP contribution is -2.42. The standard InChI is InChI=1S/C20H22N4O4/c25-19(15-3-7-21-8-4-15)24-9-5-14(6-10-24)12-22-20(26)23-16-1-2-17-18(11-16)28-13-27-17/h1-4,7-8,11,14H,5-6,9-10,12-13H2,(H2,22,23,26). The number of amides is 3. The van der Waals surface area contributed by atoms with Crippen LogP contribution in [0.25, 0.3) is 0 Å². The summed E-state index contributed by atoms with van der Waals surface area (Å²) in [5.41, 5.74) is 1.31. The quantitative estimate of drug-likeness (QED) is 0.848. The van der Waals surface area contributed by atoms with Crippen LogP contribution in [0.1, 0.15) is 23.2 Å². The maximum atomic E-state index is 12.5. The molecular formula is C20H22N4O4. The lowest BCUT2D eigenvalue weighted by Gasteiger charge is -2.32. The van der Waals surface area contributed by atoms with E-state index in [1.54, 1.807) is 42.7 Å². The molecule has 0 bridgehead atoms. The first-order chi connectivity index (χ1) is 13.7. The zero-order valence-electron chi connectivity index (χ0n) is 15.4. The maximum absolute atomic E-state index is 12.5. The molecule has 4 rings (SSSR count). The van der Waals surface area contributed by atoms with E-state index in [1.165, 1.54) is 0 Å². The smallest absolute Gasteiger partial charge is 0.319 e. The highest BCUT2D eigenvalue weighted by molar-refractivity contribution is 5.94. The predicted octanol–water partition coefficient (Wildman–Crippen LogP) is 2.48. The molecule has 3 amide bonds. The number of likely N-dealkylation sites (tertiary alicyclic amines) is 1. The number of piperidine rings is 1. The minimum Gasteiger partial charge on any atom is -0.454 e. The maximum Gasteiger partial charge on any atom is 0.319 e. The summed E-state index contributed by atoms with van der Waals surface area (Å²) in [7, 11) is 0. The van der Waals surface area contributed by atoms with Gasteiger partial charge in [0, 0.05) is 49.3 Å². The van der Waals surface area contributed by atoms with Crippen LogP contribution in [0.5, 0.6) is 11.5 Å². The van der Waals surface area contributed by atoms with Crippen molar-refractivity contribution in [1.29, 1.82) is 0 Å². The first kappa shape index (κ1) is 18.1. The molecule has 0 unspecified atom stereocenters. The molecule has 1 aromatic carbocycles. The summed E-state index contributed by atoms with van der Waals surface area (Å²) >= 11 is 0. The van der Waals surface area contributed by atoms with Crippen LogP contribution in [0.4, 0.5) is 10.5 Å². The summed E-state index contributed by atoms with van der Waals surface area (Å²) in [4.78, 5) is 30.4. The average molecular weight is 382 g/mol. The number of rotatable bonds is 4. The van der Waals surface area contributed by atoms with Crippen molar-refractivity contribution in [1.82, 2.24) is 15.2 Å². The molecule has 1 saturated heterocycles. The molecule has 0 saturated carbocycles. The van der Waals surface area contributed by atoms with Crippen LogP contribution in [0.15, 0.2) is 42.7 Å². The highest BCUT2D eigenvalue weighted by Crippen LogP contribution is 2.34. The third kappa shape index (κ3) is 4.16. The van der Waals surface area contributed by atoms with Crippen molar-refractivity contribution in [3.8, 4) is 11.5 Å². The van der Waals surface area contributed by atoms with Crippen molar-refractivity contribution < 1.29 is 19.1 Å². The Labute approximate surface area is 162 Å². The van der Waals surface area contributed by atoms with Crippen molar-refractivity contribution in [2.45, 2.75) is 12.8 Å². The number of anilines is 1. The van der Waals surface area contributed by atoms with Crippen LogP contribution in [0, 0.1) is 5.92 Å². The van der Waals surface area contributed by atoms with Crippen LogP contribution in [0.2, 0.25) is 0 Å². The predicted molar refractivity (Wildman–Crippen MR) is 102 cm³/mol. The van der Waals surface area contributed by atoms with E-state index in [0.717, 1.165) is 12.8 Å². The molecule has 8 nitrogen and oxygen atoms in total. The second-order valence-electron chi connectivity index (χ2n) is 6.87. The largest absolute Gasteiger partial charge is 0.454 e. The third-order valence-corrected chi connectivity index (χ3v) is 5.01. The van der Waals surface area contributed by atoms with E-state index in [2.05, 4.69) is 15.6 Å². The third-order valence-electron chi connectivity index (χ3n) is 5.01. The van der Waals surface area contributed by atoms with Crippen LogP contribution < -0.4 is 20.1 Å². The molecule has 0 atom stereocenters. The second-order valence-corrected chi connectivity index (χ2v) is 6.87. The summed E-state index contributed by atoms with van der Waals surface area (Å²) in [5, 5.41) is 5.71. The number of hydrogen-bond donors (Lipinski definition) is 2. The van der Waals surface area contributed by atoms with E-state index in [0.29, 0.717) is 48.3 Å². The number of aromatic nitrogens is 1. The van der Waals surface area contributed by atoms with Gasteiger partial charge in [0.25, 0.3) is 5.91 Å². The molecule has 1 fully saturated rings. The van der Waals surface area contributed by atoms with Gasteiger partial charge in [0.05, 0.1) is 0 Å². The topological polar surface area (TPSA) is 92.8 Å². The minimum absolute atomic E-state index is 0.0364. The SMILES string of the molecule is O=C(NCC1CCN(C(=O)c2ccncc2)CC1)Nc1ccc2c(c1)OCO2. The number of benzene rings is 1. The lowest BCUT2D eigenvalue weighted by molar-refractivity contribution is 0.0690. The number of pyridine rings is 1. The molecular weight excluding hydrogens is 360 g/mol. The van der Waals surface area contributed by atoms with Crippen molar-refractivity contribution in [3.63, 3.8) is 0 Å². The van der Waals surface area contributed by atoms with Crippen LogP contribution in [-0.2, 0) is 0 Å². The van der Waals surface area contributed by atoms with Crippen LogP contribution >= 0.6 is 0 Å². The van der Waals surface area contributed by atoms with E-state index < -0.39 is 0 Å². The molecule has 8 heteroatoms. The van der Waals surface area contributed by atoms with Gasteiger partial charge in [0.1, 0.15) is 0 Å². The zero-order chi connectivity index (χ0) is 19.3. The zero-order valence-corrected chi connectivity index (χ0v) is 15.4. The number of nitrogens with one attached hydrogen (secondary N) is 2. The summed E-state index contributed by atoms with van der Waals surface area (Å²) in [5.74, 6) is 1.70. The molecule has 0 aliphatic carbocycles. The highest BCUT2D eigenvalue weighted by Gasteiger charge is 2.24. The Morgan fingerprint density at radius 2 is 1.82 bits per heavy atom. The molecule has 0 radical (unpaired) electrons. The van der Waals surface area contributed by atoms with Crippen LogP contribution in [0.3, 0.4) is 0 Å². The normalized spacial score (nSPS) is 15.9. The summed E-state index contributed by atoms with van der Waals surface area (Å²) in [6.45, 7) is 2.16. The second kappa shape index (κ2) is 8.16. The van der Waals surface area contributed by atoms with E-state index in [-0.39, 0.29) is 18.7 Å². The number of carbonyl (C=O) groups excluding carboxylic acids is 2. The van der Waals surface area contributed by atoms with Crippen molar-refractivity contribution in [3.05, 3.63) is 48.3 Å². The molecule has 3 heterocycles. The number of urea groups is 1. The molecule has 2 aromatic rings. The number of nitrogens with zero attached hydrogens (tertiary/aromatic N) is 2. The first-order valence-corrected chi connectivity index (χ1v) is 9.33. The van der Waals surface area contributed by atoms with E-state index in [4.69, 9.17) is 9.47 Å². The number of hydrogen-bond acceptors (Lipinski definition) is 5. The molecule has 146 valence electrons. The van der Waals surface area contributed by atoms with Gasteiger partial charge in [-0.2, -0.15) is 0 Å². The van der Waals surface area contributed by atoms with E-state index in [1.807, 2.05) is 4.90 Å².